The first-order valence-electron chi connectivity index (χ1n) is 10.5. The fraction of sp³-hybridized carbons (Fsp3) is 0.458. The number of nitrogens with zero attached hydrogens (tertiary/aromatic N) is 2. The maximum atomic E-state index is 10.8. The number of aliphatic hydroxyl groups is 1. The summed E-state index contributed by atoms with van der Waals surface area (Å²) >= 11 is 0. The topological polar surface area (TPSA) is 47.3 Å². The Labute approximate surface area is 167 Å². The zero-order valence-corrected chi connectivity index (χ0v) is 16.8. The fourth-order valence-corrected chi connectivity index (χ4v) is 4.32. The van der Waals surface area contributed by atoms with Crippen molar-refractivity contribution in [2.24, 2.45) is 0 Å². The molecule has 2 aromatic carbocycles. The van der Waals surface area contributed by atoms with Crippen LogP contribution in [0.3, 0.4) is 0 Å². The van der Waals surface area contributed by atoms with E-state index in [1.807, 2.05) is 30.3 Å². The Balaban J connectivity index is 1.52. The molecule has 0 bridgehead atoms. The van der Waals surface area contributed by atoms with Crippen molar-refractivity contribution in [3.63, 3.8) is 0 Å². The van der Waals surface area contributed by atoms with E-state index >= 15 is 0 Å². The highest BCUT2D eigenvalue weighted by molar-refractivity contribution is 5.76. The molecule has 1 atom stereocenters. The van der Waals surface area contributed by atoms with E-state index in [-0.39, 0.29) is 6.61 Å². The summed E-state index contributed by atoms with van der Waals surface area (Å²) in [5.41, 5.74) is 3.29. The monoisotopic (exact) mass is 378 g/mol. The van der Waals surface area contributed by atoms with Crippen molar-refractivity contribution in [2.45, 2.75) is 64.0 Å². The van der Waals surface area contributed by atoms with Gasteiger partial charge < -0.3 is 14.4 Å². The lowest BCUT2D eigenvalue weighted by Gasteiger charge is -2.19. The molecular weight excluding hydrogens is 348 g/mol. The molecule has 4 heteroatoms. The van der Waals surface area contributed by atoms with Crippen LogP contribution < -0.4 is 4.74 Å². The van der Waals surface area contributed by atoms with Crippen LogP contribution in [0.15, 0.2) is 48.5 Å². The van der Waals surface area contributed by atoms with Crippen LogP contribution in [0.25, 0.3) is 11.0 Å². The molecule has 0 radical (unpaired) electrons. The van der Waals surface area contributed by atoms with Gasteiger partial charge in [0.1, 0.15) is 24.3 Å². The molecule has 1 aliphatic rings. The van der Waals surface area contributed by atoms with E-state index in [9.17, 15) is 5.11 Å². The summed E-state index contributed by atoms with van der Waals surface area (Å²) in [6.07, 6.45) is 4.34. The summed E-state index contributed by atoms with van der Waals surface area (Å²) in [5, 5.41) is 10.8. The molecule has 0 saturated heterocycles. The van der Waals surface area contributed by atoms with Gasteiger partial charge in [0, 0.05) is 5.92 Å². The smallest absolute Gasteiger partial charge is 0.122 e. The molecule has 0 aliphatic heterocycles. The third-order valence-electron chi connectivity index (χ3n) is 5.77. The Hall–Kier alpha value is -2.33. The molecule has 1 N–H and O–H groups in total. The SMILES string of the molecule is CC(C)c1ccccc1OCC(O)Cn1c(C2CCCC2)nc2ccccc21. The summed E-state index contributed by atoms with van der Waals surface area (Å²) in [4.78, 5) is 4.91. The first-order chi connectivity index (χ1) is 13.6. The van der Waals surface area contributed by atoms with E-state index in [1.54, 1.807) is 0 Å². The second-order valence-corrected chi connectivity index (χ2v) is 8.21. The van der Waals surface area contributed by atoms with E-state index in [1.165, 1.54) is 31.2 Å². The Bertz CT molecular complexity index is 925. The Kier molecular flexibility index (Phi) is 5.67. The molecule has 0 spiro atoms. The quantitative estimate of drug-likeness (QED) is 0.610. The van der Waals surface area contributed by atoms with Gasteiger partial charge >= 0.3 is 0 Å². The van der Waals surface area contributed by atoms with Gasteiger partial charge in [0.2, 0.25) is 0 Å². The molecule has 28 heavy (non-hydrogen) atoms. The molecule has 1 unspecified atom stereocenters. The van der Waals surface area contributed by atoms with Crippen LogP contribution in [-0.4, -0.2) is 27.4 Å². The number of aliphatic hydroxyl groups excluding tert-OH is 1. The lowest BCUT2D eigenvalue weighted by Crippen LogP contribution is -2.25. The number of hydrogen-bond acceptors (Lipinski definition) is 3. The summed E-state index contributed by atoms with van der Waals surface area (Å²) in [6, 6.07) is 16.3. The van der Waals surface area contributed by atoms with Gasteiger partial charge in [-0.1, -0.05) is 57.0 Å². The maximum absolute atomic E-state index is 10.8. The van der Waals surface area contributed by atoms with E-state index in [0.717, 1.165) is 22.6 Å². The van der Waals surface area contributed by atoms with E-state index in [4.69, 9.17) is 9.72 Å². The van der Waals surface area contributed by atoms with E-state index < -0.39 is 6.10 Å². The van der Waals surface area contributed by atoms with Crippen LogP contribution in [-0.2, 0) is 6.54 Å². The van der Waals surface area contributed by atoms with Gasteiger partial charge in [-0.2, -0.15) is 0 Å². The summed E-state index contributed by atoms with van der Waals surface area (Å²) in [7, 11) is 0. The van der Waals surface area contributed by atoms with Crippen molar-refractivity contribution in [2.75, 3.05) is 6.61 Å². The van der Waals surface area contributed by atoms with Crippen molar-refractivity contribution in [3.8, 4) is 5.75 Å². The largest absolute Gasteiger partial charge is 0.491 e. The Morgan fingerprint density at radius 3 is 2.57 bits per heavy atom. The number of fused-ring (bicyclic) bond motifs is 1. The van der Waals surface area contributed by atoms with Gasteiger partial charge in [-0.25, -0.2) is 4.98 Å². The number of imidazole rings is 1. The van der Waals surface area contributed by atoms with Crippen LogP contribution in [0.5, 0.6) is 5.75 Å². The first kappa shape index (κ1) is 19.0. The Morgan fingerprint density at radius 2 is 1.79 bits per heavy atom. The minimum atomic E-state index is -0.585. The lowest BCUT2D eigenvalue weighted by atomic mass is 10.0. The summed E-state index contributed by atoms with van der Waals surface area (Å²) in [6.45, 7) is 5.10. The van der Waals surface area contributed by atoms with Crippen LogP contribution in [0.1, 0.15) is 62.8 Å². The van der Waals surface area contributed by atoms with Crippen molar-refractivity contribution < 1.29 is 9.84 Å². The van der Waals surface area contributed by atoms with E-state index in [0.29, 0.717) is 18.4 Å². The van der Waals surface area contributed by atoms with Gasteiger partial charge in [-0.15, -0.1) is 0 Å². The second kappa shape index (κ2) is 8.36. The minimum Gasteiger partial charge on any atom is -0.491 e. The molecule has 1 saturated carbocycles. The number of benzene rings is 2. The molecule has 0 amide bonds. The number of hydrogen-bond donors (Lipinski definition) is 1. The minimum absolute atomic E-state index is 0.278. The van der Waals surface area contributed by atoms with Crippen molar-refractivity contribution in [1.29, 1.82) is 0 Å². The molecule has 4 nitrogen and oxygen atoms in total. The third-order valence-corrected chi connectivity index (χ3v) is 5.77. The van der Waals surface area contributed by atoms with Gasteiger partial charge in [0.25, 0.3) is 0 Å². The second-order valence-electron chi connectivity index (χ2n) is 8.21. The molecule has 148 valence electrons. The predicted molar refractivity (Wildman–Crippen MR) is 113 cm³/mol. The Morgan fingerprint density at radius 1 is 1.07 bits per heavy atom. The highest BCUT2D eigenvalue weighted by Crippen LogP contribution is 2.35. The average Bonchev–Trinajstić information content (AvgIpc) is 3.35. The van der Waals surface area contributed by atoms with Gasteiger partial charge in [0.05, 0.1) is 17.6 Å². The van der Waals surface area contributed by atoms with Gasteiger partial charge in [0.15, 0.2) is 0 Å². The van der Waals surface area contributed by atoms with Crippen LogP contribution in [0.2, 0.25) is 0 Å². The van der Waals surface area contributed by atoms with Gasteiger partial charge in [-0.3, -0.25) is 0 Å². The van der Waals surface area contributed by atoms with Crippen molar-refractivity contribution in [1.82, 2.24) is 9.55 Å². The van der Waals surface area contributed by atoms with E-state index in [2.05, 4.69) is 36.6 Å². The van der Waals surface area contributed by atoms with Crippen LogP contribution >= 0.6 is 0 Å². The van der Waals surface area contributed by atoms with Crippen LogP contribution in [0.4, 0.5) is 0 Å². The zero-order valence-electron chi connectivity index (χ0n) is 16.8. The maximum Gasteiger partial charge on any atom is 0.122 e. The zero-order chi connectivity index (χ0) is 19.5. The summed E-state index contributed by atoms with van der Waals surface area (Å²) in [5.74, 6) is 2.88. The lowest BCUT2D eigenvalue weighted by molar-refractivity contribution is 0.0918. The first-order valence-corrected chi connectivity index (χ1v) is 10.5. The fourth-order valence-electron chi connectivity index (χ4n) is 4.32. The van der Waals surface area contributed by atoms with Gasteiger partial charge in [-0.05, 0) is 42.5 Å². The van der Waals surface area contributed by atoms with Crippen molar-refractivity contribution in [3.05, 3.63) is 59.9 Å². The normalized spacial score (nSPS) is 16.1. The van der Waals surface area contributed by atoms with Crippen LogP contribution in [0, 0.1) is 0 Å². The highest BCUT2D eigenvalue weighted by Gasteiger charge is 2.24. The molecule has 3 aromatic rings. The molecule has 1 fully saturated rings. The number of para-hydroxylation sites is 3. The highest BCUT2D eigenvalue weighted by atomic mass is 16.5. The molecule has 4 rings (SSSR count). The number of rotatable bonds is 7. The standard InChI is InChI=1S/C24H30N2O2/c1-17(2)20-11-5-8-14-23(20)28-16-19(27)15-26-22-13-7-6-12-21(22)25-24(26)18-9-3-4-10-18/h5-8,11-14,17-19,27H,3-4,9-10,15-16H2,1-2H3. The third kappa shape index (κ3) is 3.93. The summed E-state index contributed by atoms with van der Waals surface area (Å²) < 4.78 is 8.22. The van der Waals surface area contributed by atoms with Crippen molar-refractivity contribution >= 4 is 11.0 Å². The number of aromatic nitrogens is 2. The average molecular weight is 379 g/mol. The molecule has 1 aliphatic carbocycles. The molecule has 1 aromatic heterocycles. The predicted octanol–water partition coefficient (Wildman–Crippen LogP) is 5.26. The molecular formula is C24H30N2O2. The number of ether oxygens (including phenoxy) is 1. The molecule has 1 heterocycles.